The molecule has 0 heterocycles. The van der Waals surface area contributed by atoms with Crippen LogP contribution in [0.1, 0.15) is 31.2 Å². The van der Waals surface area contributed by atoms with Crippen LogP contribution in [-0.2, 0) is 11.2 Å². The number of hydrogen-bond donors (Lipinski definition) is 2. The quantitative estimate of drug-likeness (QED) is 0.603. The Bertz CT molecular complexity index is 519. The summed E-state index contributed by atoms with van der Waals surface area (Å²) in [5, 5.41) is 3.20. The van der Waals surface area contributed by atoms with Crippen LogP contribution in [0, 0.1) is 5.92 Å². The maximum atomic E-state index is 10.7. The molecule has 6 nitrogen and oxygen atoms in total. The van der Waals surface area contributed by atoms with E-state index in [1.165, 1.54) is 19.3 Å². The predicted molar refractivity (Wildman–Crippen MR) is 92.8 cm³/mol. The summed E-state index contributed by atoms with van der Waals surface area (Å²) < 4.78 is 16.9. The van der Waals surface area contributed by atoms with Gasteiger partial charge in [-0.25, -0.2) is 0 Å². The lowest BCUT2D eigenvalue weighted by atomic mass is 9.86. The van der Waals surface area contributed by atoms with Crippen molar-refractivity contribution in [1.29, 1.82) is 0 Å². The molecule has 1 fully saturated rings. The first-order valence-corrected chi connectivity index (χ1v) is 8.50. The second-order valence-corrected chi connectivity index (χ2v) is 6.15. The van der Waals surface area contributed by atoms with Gasteiger partial charge >= 0.3 is 0 Å². The normalized spacial score (nSPS) is 14.1. The molecule has 1 aromatic carbocycles. The van der Waals surface area contributed by atoms with E-state index in [0.717, 1.165) is 18.5 Å². The zero-order valence-electron chi connectivity index (χ0n) is 14.6. The third-order valence-electron chi connectivity index (χ3n) is 4.35. The van der Waals surface area contributed by atoms with E-state index < -0.39 is 0 Å². The average Bonchev–Trinajstić information content (AvgIpc) is 2.53. The Morgan fingerprint density at radius 1 is 1.21 bits per heavy atom. The molecule has 2 rings (SSSR count). The van der Waals surface area contributed by atoms with Gasteiger partial charge in [-0.2, -0.15) is 0 Å². The van der Waals surface area contributed by atoms with Crippen LogP contribution < -0.4 is 25.3 Å². The zero-order chi connectivity index (χ0) is 17.4. The van der Waals surface area contributed by atoms with Crippen molar-refractivity contribution >= 4 is 5.91 Å². The van der Waals surface area contributed by atoms with E-state index in [2.05, 4.69) is 5.32 Å². The van der Waals surface area contributed by atoms with Crippen molar-refractivity contribution in [2.45, 2.75) is 32.1 Å². The molecule has 0 unspecified atom stereocenters. The number of ether oxygens (including phenoxy) is 3. The van der Waals surface area contributed by atoms with Gasteiger partial charge in [0.1, 0.15) is 0 Å². The van der Waals surface area contributed by atoms with Gasteiger partial charge in [-0.05, 0) is 49.4 Å². The fourth-order valence-electron chi connectivity index (χ4n) is 2.65. The lowest BCUT2D eigenvalue weighted by Gasteiger charge is -2.26. The SMILES string of the molecule is COc1cc(CCNCCC(N)=O)cc(OC)c1OCC1CCC1. The van der Waals surface area contributed by atoms with E-state index >= 15 is 0 Å². The van der Waals surface area contributed by atoms with Crippen LogP contribution in [0.25, 0.3) is 0 Å². The lowest BCUT2D eigenvalue weighted by Crippen LogP contribution is -2.23. The predicted octanol–water partition coefficient (Wildman–Crippen LogP) is 1.89. The number of rotatable bonds is 11. The Morgan fingerprint density at radius 3 is 2.38 bits per heavy atom. The van der Waals surface area contributed by atoms with Crippen molar-refractivity contribution in [3.05, 3.63) is 17.7 Å². The second kappa shape index (κ2) is 9.37. The molecule has 1 aromatic rings. The monoisotopic (exact) mass is 336 g/mol. The highest BCUT2D eigenvalue weighted by molar-refractivity contribution is 5.73. The molecule has 0 saturated heterocycles. The highest BCUT2D eigenvalue weighted by Crippen LogP contribution is 2.40. The molecule has 0 radical (unpaired) electrons. The summed E-state index contributed by atoms with van der Waals surface area (Å²) >= 11 is 0. The molecule has 1 amide bonds. The van der Waals surface area contributed by atoms with E-state index in [1.807, 2.05) is 12.1 Å². The molecule has 0 atom stereocenters. The molecule has 0 aromatic heterocycles. The van der Waals surface area contributed by atoms with Crippen LogP contribution in [-0.4, -0.2) is 39.8 Å². The molecule has 0 bridgehead atoms. The molecule has 1 aliphatic carbocycles. The fraction of sp³-hybridized carbons (Fsp3) is 0.611. The minimum absolute atomic E-state index is 0.293. The number of amides is 1. The van der Waals surface area contributed by atoms with Crippen molar-refractivity contribution in [3.63, 3.8) is 0 Å². The van der Waals surface area contributed by atoms with Crippen LogP contribution >= 0.6 is 0 Å². The second-order valence-electron chi connectivity index (χ2n) is 6.15. The Hall–Kier alpha value is -1.95. The minimum Gasteiger partial charge on any atom is -0.493 e. The zero-order valence-corrected chi connectivity index (χ0v) is 14.6. The van der Waals surface area contributed by atoms with Crippen LogP contribution in [0.4, 0.5) is 0 Å². The number of benzene rings is 1. The molecule has 134 valence electrons. The van der Waals surface area contributed by atoms with Gasteiger partial charge in [-0.1, -0.05) is 6.42 Å². The average molecular weight is 336 g/mol. The third kappa shape index (κ3) is 5.30. The van der Waals surface area contributed by atoms with E-state index in [0.29, 0.717) is 42.7 Å². The lowest BCUT2D eigenvalue weighted by molar-refractivity contribution is -0.117. The number of carbonyl (C=O) groups excluding carboxylic acids is 1. The highest BCUT2D eigenvalue weighted by Gasteiger charge is 2.21. The van der Waals surface area contributed by atoms with Gasteiger partial charge in [0.15, 0.2) is 11.5 Å². The summed E-state index contributed by atoms with van der Waals surface area (Å²) in [6.45, 7) is 2.05. The Morgan fingerprint density at radius 2 is 1.88 bits per heavy atom. The van der Waals surface area contributed by atoms with Crippen molar-refractivity contribution in [3.8, 4) is 17.2 Å². The molecule has 1 saturated carbocycles. The van der Waals surface area contributed by atoms with Gasteiger partial charge in [-0.3, -0.25) is 4.79 Å². The smallest absolute Gasteiger partial charge is 0.218 e. The van der Waals surface area contributed by atoms with Crippen LogP contribution in [0.5, 0.6) is 17.2 Å². The first-order valence-electron chi connectivity index (χ1n) is 8.50. The first-order chi connectivity index (χ1) is 11.6. The summed E-state index contributed by atoms with van der Waals surface area (Å²) in [7, 11) is 3.28. The third-order valence-corrected chi connectivity index (χ3v) is 4.35. The Labute approximate surface area is 143 Å². The van der Waals surface area contributed by atoms with Gasteiger partial charge in [0.05, 0.1) is 20.8 Å². The molecule has 0 aliphatic heterocycles. The van der Waals surface area contributed by atoms with E-state index in [9.17, 15) is 4.79 Å². The van der Waals surface area contributed by atoms with Crippen LogP contribution in [0.15, 0.2) is 12.1 Å². The number of nitrogens with one attached hydrogen (secondary N) is 1. The molecule has 1 aliphatic rings. The fourth-order valence-corrected chi connectivity index (χ4v) is 2.65. The standard InChI is InChI=1S/C18H28N2O4/c1-22-15-10-14(6-8-20-9-7-17(19)21)11-16(23-2)18(15)24-12-13-4-3-5-13/h10-11,13,20H,3-9,12H2,1-2H3,(H2,19,21). The number of nitrogens with two attached hydrogens (primary N) is 1. The largest absolute Gasteiger partial charge is 0.493 e. The summed E-state index contributed by atoms with van der Waals surface area (Å²) in [4.78, 5) is 10.7. The molecule has 6 heteroatoms. The van der Waals surface area contributed by atoms with Crippen molar-refractivity contribution in [1.82, 2.24) is 5.32 Å². The first kappa shape index (κ1) is 18.4. The summed E-state index contributed by atoms with van der Waals surface area (Å²) in [6.07, 6.45) is 4.92. The van der Waals surface area contributed by atoms with Gasteiger partial charge in [0, 0.05) is 13.0 Å². The maximum absolute atomic E-state index is 10.7. The minimum atomic E-state index is -0.293. The molecule has 24 heavy (non-hydrogen) atoms. The number of primary amides is 1. The van der Waals surface area contributed by atoms with Gasteiger partial charge in [0.25, 0.3) is 0 Å². The topological polar surface area (TPSA) is 82.8 Å². The van der Waals surface area contributed by atoms with E-state index in [-0.39, 0.29) is 5.91 Å². The molecule has 3 N–H and O–H groups in total. The van der Waals surface area contributed by atoms with Crippen LogP contribution in [0.2, 0.25) is 0 Å². The van der Waals surface area contributed by atoms with Crippen molar-refractivity contribution < 1.29 is 19.0 Å². The number of hydrogen-bond acceptors (Lipinski definition) is 5. The Kier molecular flexibility index (Phi) is 7.18. The van der Waals surface area contributed by atoms with Gasteiger partial charge in [0.2, 0.25) is 11.7 Å². The van der Waals surface area contributed by atoms with Crippen molar-refractivity contribution in [2.75, 3.05) is 33.9 Å². The van der Waals surface area contributed by atoms with E-state index in [1.54, 1.807) is 14.2 Å². The molecular weight excluding hydrogens is 308 g/mol. The molecule has 0 spiro atoms. The number of carbonyl (C=O) groups is 1. The van der Waals surface area contributed by atoms with E-state index in [4.69, 9.17) is 19.9 Å². The summed E-state index contributed by atoms with van der Waals surface area (Å²) in [5.41, 5.74) is 6.21. The summed E-state index contributed by atoms with van der Waals surface area (Å²) in [6, 6.07) is 3.96. The maximum Gasteiger partial charge on any atom is 0.218 e. The highest BCUT2D eigenvalue weighted by atomic mass is 16.5. The van der Waals surface area contributed by atoms with Crippen LogP contribution in [0.3, 0.4) is 0 Å². The van der Waals surface area contributed by atoms with Crippen molar-refractivity contribution in [2.24, 2.45) is 11.7 Å². The van der Waals surface area contributed by atoms with Gasteiger partial charge < -0.3 is 25.3 Å². The Balaban J connectivity index is 1.95. The molecular formula is C18H28N2O4. The van der Waals surface area contributed by atoms with Gasteiger partial charge in [-0.15, -0.1) is 0 Å². The number of methoxy groups -OCH3 is 2. The summed E-state index contributed by atoms with van der Waals surface area (Å²) in [5.74, 6) is 2.42.